The van der Waals surface area contributed by atoms with E-state index >= 15 is 0 Å². The van der Waals surface area contributed by atoms with Gasteiger partial charge in [0.05, 0.1) is 28.3 Å². The Labute approximate surface area is 265 Å². The molecule has 0 bridgehead atoms. The third-order valence-electron chi connectivity index (χ3n) is 6.37. The van der Waals surface area contributed by atoms with Gasteiger partial charge in [0, 0.05) is 16.9 Å². The number of carbonyl (C=O) groups excluding carboxylic acids is 2. The van der Waals surface area contributed by atoms with Crippen molar-refractivity contribution in [3.05, 3.63) is 115 Å². The fraction of sp³-hybridized carbons (Fsp3) is 0.0938. The molecule has 2 amide bonds. The zero-order valence-corrected chi connectivity index (χ0v) is 25.6. The maximum absolute atomic E-state index is 13.1. The molecule has 2 heterocycles. The van der Waals surface area contributed by atoms with Gasteiger partial charge in [0.25, 0.3) is 0 Å². The molecule has 12 heteroatoms. The molecule has 6 aromatic rings. The number of benzene rings is 4. The summed E-state index contributed by atoms with van der Waals surface area (Å²) in [6, 6.07) is 31.1. The number of aromatic nitrogens is 4. The molecule has 44 heavy (non-hydrogen) atoms. The summed E-state index contributed by atoms with van der Waals surface area (Å²) in [6.07, 6.45) is 0. The molecule has 0 spiro atoms. The first-order chi connectivity index (χ1) is 21.5. The summed E-state index contributed by atoms with van der Waals surface area (Å²) in [5.74, 6) is 0.339. The van der Waals surface area contributed by atoms with Crippen LogP contribution in [0, 0.1) is 5.82 Å². The summed E-state index contributed by atoms with van der Waals surface area (Å²) < 4.78 is 16.7. The van der Waals surface area contributed by atoms with Crippen molar-refractivity contribution in [3.63, 3.8) is 0 Å². The van der Waals surface area contributed by atoms with Gasteiger partial charge in [0.2, 0.25) is 11.8 Å². The second kappa shape index (κ2) is 13.8. The minimum Gasteiger partial charge on any atom is -0.325 e. The number of nitrogens with one attached hydrogen (secondary N) is 2. The molecule has 2 aromatic heterocycles. The SMILES string of the molecule is O=C(CSc1nc2ccc(NC(=O)CSc3nnc(-c4ccccc4)n3Cc3ccccc3)cc2s1)Nc1ccc(F)cc1. The van der Waals surface area contributed by atoms with Crippen LogP contribution in [0.5, 0.6) is 0 Å². The van der Waals surface area contributed by atoms with Gasteiger partial charge in [-0.05, 0) is 48.0 Å². The standard InChI is InChI=1S/C32H25FN6O2S3/c33-23-11-13-24(14-12-23)34-29(41)20-43-32-36-26-16-15-25(17-27(26)44-32)35-28(40)19-42-31-38-37-30(22-9-5-2-6-10-22)39(31)18-21-7-3-1-4-8-21/h1-17H,18-20H2,(H,34,41)(H,35,40). The average Bonchev–Trinajstić information content (AvgIpc) is 3.64. The third-order valence-corrected chi connectivity index (χ3v) is 9.50. The van der Waals surface area contributed by atoms with Gasteiger partial charge in [-0.3, -0.25) is 14.2 Å². The van der Waals surface area contributed by atoms with E-state index in [1.807, 2.05) is 71.3 Å². The Kier molecular flexibility index (Phi) is 9.30. The second-order valence-corrected chi connectivity index (χ2v) is 12.8. The second-order valence-electron chi connectivity index (χ2n) is 9.59. The Balaban J connectivity index is 1.07. The molecular weight excluding hydrogens is 616 g/mol. The Morgan fingerprint density at radius 2 is 1.43 bits per heavy atom. The number of fused-ring (bicyclic) bond motifs is 1. The first-order valence-electron chi connectivity index (χ1n) is 13.5. The van der Waals surface area contributed by atoms with Crippen LogP contribution in [0.3, 0.4) is 0 Å². The van der Waals surface area contributed by atoms with Crippen LogP contribution in [0.15, 0.2) is 113 Å². The number of thiazole rings is 1. The number of thioether (sulfide) groups is 2. The highest BCUT2D eigenvalue weighted by Gasteiger charge is 2.17. The van der Waals surface area contributed by atoms with E-state index in [9.17, 15) is 14.0 Å². The van der Waals surface area contributed by atoms with Crippen LogP contribution in [0.2, 0.25) is 0 Å². The van der Waals surface area contributed by atoms with Crippen LogP contribution in [0.4, 0.5) is 15.8 Å². The van der Waals surface area contributed by atoms with Crippen molar-refractivity contribution in [3.8, 4) is 11.4 Å². The van der Waals surface area contributed by atoms with Gasteiger partial charge in [-0.25, -0.2) is 9.37 Å². The normalized spacial score (nSPS) is 11.0. The lowest BCUT2D eigenvalue weighted by Crippen LogP contribution is -2.14. The smallest absolute Gasteiger partial charge is 0.234 e. The van der Waals surface area contributed by atoms with Crippen LogP contribution < -0.4 is 10.6 Å². The molecule has 0 aliphatic rings. The van der Waals surface area contributed by atoms with E-state index in [1.165, 1.54) is 59.1 Å². The Bertz CT molecular complexity index is 1900. The molecular formula is C32H25FN6O2S3. The molecule has 0 aliphatic carbocycles. The number of carbonyl (C=O) groups is 2. The summed E-state index contributed by atoms with van der Waals surface area (Å²) in [4.78, 5) is 29.8. The van der Waals surface area contributed by atoms with Crippen LogP contribution in [0.25, 0.3) is 21.6 Å². The highest BCUT2D eigenvalue weighted by atomic mass is 32.2. The number of halogens is 1. The van der Waals surface area contributed by atoms with E-state index in [2.05, 4.69) is 37.9 Å². The van der Waals surface area contributed by atoms with Gasteiger partial charge in [-0.2, -0.15) is 0 Å². The van der Waals surface area contributed by atoms with Crippen molar-refractivity contribution in [2.45, 2.75) is 16.0 Å². The Hall–Kier alpha value is -4.52. The van der Waals surface area contributed by atoms with Crippen molar-refractivity contribution >= 4 is 68.3 Å². The van der Waals surface area contributed by atoms with E-state index in [1.54, 1.807) is 0 Å². The highest BCUT2D eigenvalue weighted by molar-refractivity contribution is 8.01. The largest absolute Gasteiger partial charge is 0.325 e. The molecule has 0 atom stereocenters. The van der Waals surface area contributed by atoms with Gasteiger partial charge in [0.1, 0.15) is 5.82 Å². The van der Waals surface area contributed by atoms with E-state index in [4.69, 9.17) is 0 Å². The third kappa shape index (κ3) is 7.51. The maximum Gasteiger partial charge on any atom is 0.234 e. The number of nitrogens with zero attached hydrogens (tertiary/aromatic N) is 4. The zero-order valence-electron chi connectivity index (χ0n) is 23.1. The molecule has 6 rings (SSSR count). The van der Waals surface area contributed by atoms with Crippen LogP contribution in [0.1, 0.15) is 5.56 Å². The first kappa shape index (κ1) is 29.5. The van der Waals surface area contributed by atoms with Crippen molar-refractivity contribution in [2.24, 2.45) is 0 Å². The number of anilines is 2. The molecule has 8 nitrogen and oxygen atoms in total. The summed E-state index contributed by atoms with van der Waals surface area (Å²) in [6.45, 7) is 0.582. The molecule has 0 saturated carbocycles. The van der Waals surface area contributed by atoms with Crippen LogP contribution in [-0.2, 0) is 16.1 Å². The Morgan fingerprint density at radius 1 is 0.773 bits per heavy atom. The quantitative estimate of drug-likeness (QED) is 0.144. The number of hydrogen-bond donors (Lipinski definition) is 2. The molecule has 2 N–H and O–H groups in total. The van der Waals surface area contributed by atoms with E-state index in [0.29, 0.717) is 23.1 Å². The van der Waals surface area contributed by atoms with Crippen molar-refractivity contribution in [2.75, 3.05) is 22.1 Å². The lowest BCUT2D eigenvalue weighted by Gasteiger charge is -2.11. The molecule has 0 unspecified atom stereocenters. The molecule has 0 aliphatic heterocycles. The summed E-state index contributed by atoms with van der Waals surface area (Å²) in [7, 11) is 0. The number of rotatable bonds is 11. The van der Waals surface area contributed by atoms with Gasteiger partial charge in [0.15, 0.2) is 15.3 Å². The molecule has 0 radical (unpaired) electrons. The topological polar surface area (TPSA) is 102 Å². The van der Waals surface area contributed by atoms with E-state index in [0.717, 1.165) is 31.5 Å². The van der Waals surface area contributed by atoms with E-state index < -0.39 is 0 Å². The average molecular weight is 641 g/mol. The highest BCUT2D eigenvalue weighted by Crippen LogP contribution is 2.32. The van der Waals surface area contributed by atoms with Crippen molar-refractivity contribution < 1.29 is 14.0 Å². The van der Waals surface area contributed by atoms with Gasteiger partial charge in [-0.1, -0.05) is 84.2 Å². The van der Waals surface area contributed by atoms with E-state index in [-0.39, 0.29) is 29.1 Å². The lowest BCUT2D eigenvalue weighted by atomic mass is 10.2. The fourth-order valence-corrected chi connectivity index (χ4v) is 6.98. The summed E-state index contributed by atoms with van der Waals surface area (Å²) in [5, 5.41) is 15.2. The maximum atomic E-state index is 13.1. The van der Waals surface area contributed by atoms with Crippen LogP contribution >= 0.6 is 34.9 Å². The van der Waals surface area contributed by atoms with Crippen molar-refractivity contribution in [1.29, 1.82) is 0 Å². The summed E-state index contributed by atoms with van der Waals surface area (Å²) in [5.41, 5.74) is 4.04. The monoisotopic (exact) mass is 640 g/mol. The molecule has 4 aromatic carbocycles. The van der Waals surface area contributed by atoms with Crippen molar-refractivity contribution in [1.82, 2.24) is 19.7 Å². The van der Waals surface area contributed by atoms with Gasteiger partial charge in [-0.15, -0.1) is 21.5 Å². The number of amides is 2. The molecule has 0 saturated heterocycles. The number of hydrogen-bond acceptors (Lipinski definition) is 8. The predicted molar refractivity (Wildman–Crippen MR) is 176 cm³/mol. The zero-order chi connectivity index (χ0) is 30.3. The Morgan fingerprint density at radius 3 is 2.18 bits per heavy atom. The molecule has 220 valence electrons. The van der Waals surface area contributed by atoms with Crippen LogP contribution in [-0.4, -0.2) is 43.1 Å². The first-order valence-corrected chi connectivity index (χ1v) is 16.3. The van der Waals surface area contributed by atoms with Gasteiger partial charge >= 0.3 is 0 Å². The van der Waals surface area contributed by atoms with Gasteiger partial charge < -0.3 is 10.6 Å². The minimum atomic E-state index is -0.359. The summed E-state index contributed by atoms with van der Waals surface area (Å²) >= 11 is 4.10. The predicted octanol–water partition coefficient (Wildman–Crippen LogP) is 7.20. The molecule has 0 fully saturated rings. The lowest BCUT2D eigenvalue weighted by molar-refractivity contribution is -0.114. The fourth-order valence-electron chi connectivity index (χ4n) is 4.33. The minimum absolute atomic E-state index is 0.159.